The molecule has 0 saturated carbocycles. The van der Waals surface area contributed by atoms with E-state index in [0.29, 0.717) is 12.5 Å². The Labute approximate surface area is 154 Å². The standard InChI is InChI=1S/C19H28N6O/c1-2-3-4-5-10-21-19(20)22-14-16-8-6-9-17(13-16)24-18(26)15-25-12-7-11-23-25/h6-9,11-13H,2-5,10,14-15H2,1H3,(H,24,26)(H3,20,21,22). The molecule has 0 atom stereocenters. The van der Waals surface area contributed by atoms with Crippen molar-refractivity contribution in [2.45, 2.75) is 45.7 Å². The van der Waals surface area contributed by atoms with Crippen LogP contribution in [0.5, 0.6) is 0 Å². The first-order chi connectivity index (χ1) is 12.7. The van der Waals surface area contributed by atoms with Crippen molar-refractivity contribution in [1.82, 2.24) is 15.1 Å². The van der Waals surface area contributed by atoms with Gasteiger partial charge < -0.3 is 16.4 Å². The molecule has 0 aliphatic rings. The molecular formula is C19H28N6O. The lowest BCUT2D eigenvalue weighted by Gasteiger charge is -2.08. The number of rotatable bonds is 10. The third-order valence-corrected chi connectivity index (χ3v) is 3.84. The summed E-state index contributed by atoms with van der Waals surface area (Å²) in [5.74, 6) is 0.331. The lowest BCUT2D eigenvalue weighted by Crippen LogP contribution is -2.32. The number of carbonyl (C=O) groups is 1. The van der Waals surface area contributed by atoms with Crippen LogP contribution >= 0.6 is 0 Å². The highest BCUT2D eigenvalue weighted by atomic mass is 16.2. The van der Waals surface area contributed by atoms with Crippen molar-refractivity contribution in [1.29, 1.82) is 0 Å². The number of nitrogens with one attached hydrogen (secondary N) is 2. The number of guanidine groups is 1. The maximum absolute atomic E-state index is 12.0. The fraction of sp³-hybridized carbons (Fsp3) is 0.421. The Morgan fingerprint density at radius 1 is 1.27 bits per heavy atom. The summed E-state index contributed by atoms with van der Waals surface area (Å²) in [5, 5.41) is 10.0. The van der Waals surface area contributed by atoms with E-state index in [4.69, 9.17) is 5.73 Å². The highest BCUT2D eigenvalue weighted by molar-refractivity contribution is 5.90. The molecule has 0 aliphatic carbocycles. The quantitative estimate of drug-likeness (QED) is 0.346. The summed E-state index contributed by atoms with van der Waals surface area (Å²) < 4.78 is 1.58. The molecule has 1 heterocycles. The zero-order valence-corrected chi connectivity index (χ0v) is 15.3. The number of benzene rings is 1. The van der Waals surface area contributed by atoms with Crippen molar-refractivity contribution in [2.75, 3.05) is 11.9 Å². The monoisotopic (exact) mass is 356 g/mol. The van der Waals surface area contributed by atoms with Crippen LogP contribution in [-0.2, 0) is 17.9 Å². The highest BCUT2D eigenvalue weighted by Crippen LogP contribution is 2.11. The smallest absolute Gasteiger partial charge is 0.246 e. The molecule has 140 valence electrons. The number of carbonyl (C=O) groups excluding carboxylic acids is 1. The van der Waals surface area contributed by atoms with Crippen molar-refractivity contribution in [3.8, 4) is 0 Å². The summed E-state index contributed by atoms with van der Waals surface area (Å²) in [6, 6.07) is 9.39. The molecule has 7 nitrogen and oxygen atoms in total. The molecule has 7 heteroatoms. The van der Waals surface area contributed by atoms with Gasteiger partial charge in [-0.2, -0.15) is 5.10 Å². The van der Waals surface area contributed by atoms with Gasteiger partial charge in [0.2, 0.25) is 5.91 Å². The number of hydrogen-bond donors (Lipinski definition) is 3. The number of anilines is 1. The Hall–Kier alpha value is -2.83. The Bertz CT molecular complexity index is 696. The van der Waals surface area contributed by atoms with Crippen LogP contribution in [0.1, 0.15) is 38.2 Å². The normalized spacial score (nSPS) is 11.3. The zero-order valence-electron chi connectivity index (χ0n) is 15.3. The highest BCUT2D eigenvalue weighted by Gasteiger charge is 2.04. The van der Waals surface area contributed by atoms with Gasteiger partial charge in [-0.1, -0.05) is 38.3 Å². The maximum atomic E-state index is 12.0. The van der Waals surface area contributed by atoms with Gasteiger partial charge in [0.1, 0.15) is 6.54 Å². The first-order valence-corrected chi connectivity index (χ1v) is 9.07. The first-order valence-electron chi connectivity index (χ1n) is 9.07. The second-order valence-corrected chi connectivity index (χ2v) is 6.14. The third kappa shape index (κ3) is 7.38. The number of amides is 1. The Kier molecular flexibility index (Phi) is 8.18. The summed E-state index contributed by atoms with van der Waals surface area (Å²) >= 11 is 0. The van der Waals surface area contributed by atoms with Gasteiger partial charge in [0.05, 0.1) is 6.54 Å². The van der Waals surface area contributed by atoms with Crippen LogP contribution < -0.4 is 16.4 Å². The van der Waals surface area contributed by atoms with E-state index in [1.54, 1.807) is 23.1 Å². The molecule has 1 aromatic carbocycles. The van der Waals surface area contributed by atoms with Crippen molar-refractivity contribution >= 4 is 17.6 Å². The lowest BCUT2D eigenvalue weighted by atomic mass is 10.2. The fourth-order valence-electron chi connectivity index (χ4n) is 2.49. The van der Waals surface area contributed by atoms with Crippen molar-refractivity contribution in [2.24, 2.45) is 10.7 Å². The van der Waals surface area contributed by atoms with E-state index in [9.17, 15) is 4.79 Å². The number of unbranched alkanes of at least 4 members (excludes halogenated alkanes) is 3. The van der Waals surface area contributed by atoms with Gasteiger partial charge in [0.15, 0.2) is 5.96 Å². The minimum Gasteiger partial charge on any atom is -0.370 e. The average Bonchev–Trinajstić information content (AvgIpc) is 3.13. The average molecular weight is 356 g/mol. The zero-order chi connectivity index (χ0) is 18.6. The molecule has 1 aromatic heterocycles. The number of nitrogens with zero attached hydrogens (tertiary/aromatic N) is 3. The third-order valence-electron chi connectivity index (χ3n) is 3.84. The van der Waals surface area contributed by atoms with Crippen LogP contribution in [0, 0.1) is 0 Å². The van der Waals surface area contributed by atoms with Crippen molar-refractivity contribution in [3.05, 3.63) is 48.3 Å². The van der Waals surface area contributed by atoms with E-state index in [-0.39, 0.29) is 12.5 Å². The first kappa shape index (κ1) is 19.5. The van der Waals surface area contributed by atoms with Gasteiger partial charge in [-0.15, -0.1) is 0 Å². The Morgan fingerprint density at radius 3 is 2.92 bits per heavy atom. The van der Waals surface area contributed by atoms with Crippen molar-refractivity contribution in [3.63, 3.8) is 0 Å². The lowest BCUT2D eigenvalue weighted by molar-refractivity contribution is -0.116. The van der Waals surface area contributed by atoms with Crippen LogP contribution in [0.25, 0.3) is 0 Å². The van der Waals surface area contributed by atoms with E-state index < -0.39 is 0 Å². The van der Waals surface area contributed by atoms with E-state index in [1.807, 2.05) is 24.3 Å². The predicted octanol–water partition coefficient (Wildman–Crippen LogP) is 2.51. The molecule has 0 radical (unpaired) electrons. The molecular weight excluding hydrogens is 328 g/mol. The van der Waals surface area contributed by atoms with Crippen LogP contribution in [0.15, 0.2) is 47.7 Å². The van der Waals surface area contributed by atoms with Gasteiger partial charge in [0.25, 0.3) is 0 Å². The predicted molar refractivity (Wildman–Crippen MR) is 105 cm³/mol. The minimum atomic E-state index is -0.123. The van der Waals surface area contributed by atoms with E-state index in [2.05, 4.69) is 27.6 Å². The maximum Gasteiger partial charge on any atom is 0.246 e. The second-order valence-electron chi connectivity index (χ2n) is 6.14. The van der Waals surface area contributed by atoms with Crippen LogP contribution in [-0.4, -0.2) is 28.2 Å². The van der Waals surface area contributed by atoms with Crippen molar-refractivity contribution < 1.29 is 4.79 Å². The molecule has 2 aromatic rings. The largest absolute Gasteiger partial charge is 0.370 e. The topological polar surface area (TPSA) is 97.3 Å². The number of nitrogens with two attached hydrogens (primary N) is 1. The van der Waals surface area contributed by atoms with Gasteiger partial charge >= 0.3 is 0 Å². The SMILES string of the molecule is CCCCCCNC(N)=NCc1cccc(NC(=O)Cn2cccn2)c1. The fourth-order valence-corrected chi connectivity index (χ4v) is 2.49. The van der Waals surface area contributed by atoms with E-state index in [1.165, 1.54) is 19.3 Å². The summed E-state index contributed by atoms with van der Waals surface area (Å²) in [6.07, 6.45) is 8.17. The molecule has 0 aliphatic heterocycles. The Balaban J connectivity index is 1.78. The molecule has 0 spiro atoms. The summed E-state index contributed by atoms with van der Waals surface area (Å²) in [6.45, 7) is 3.69. The number of aliphatic imine (C=N–C) groups is 1. The second kappa shape index (κ2) is 10.9. The summed E-state index contributed by atoms with van der Waals surface area (Å²) in [7, 11) is 0. The molecule has 0 unspecified atom stereocenters. The van der Waals surface area contributed by atoms with Crippen LogP contribution in [0.3, 0.4) is 0 Å². The molecule has 0 fully saturated rings. The molecule has 0 bridgehead atoms. The number of aromatic nitrogens is 2. The van der Waals surface area contributed by atoms with Gasteiger partial charge in [0, 0.05) is 24.6 Å². The molecule has 26 heavy (non-hydrogen) atoms. The van der Waals surface area contributed by atoms with Crippen LogP contribution in [0.4, 0.5) is 5.69 Å². The summed E-state index contributed by atoms with van der Waals surface area (Å²) in [4.78, 5) is 16.4. The molecule has 2 rings (SSSR count). The van der Waals surface area contributed by atoms with Gasteiger partial charge in [-0.25, -0.2) is 4.99 Å². The van der Waals surface area contributed by atoms with Crippen LogP contribution in [0.2, 0.25) is 0 Å². The van der Waals surface area contributed by atoms with E-state index >= 15 is 0 Å². The number of hydrogen-bond acceptors (Lipinski definition) is 3. The molecule has 4 N–H and O–H groups in total. The Morgan fingerprint density at radius 2 is 2.15 bits per heavy atom. The summed E-state index contributed by atoms with van der Waals surface area (Å²) in [5.41, 5.74) is 7.61. The molecule has 0 saturated heterocycles. The van der Waals surface area contributed by atoms with Gasteiger partial charge in [-0.05, 0) is 30.2 Å². The van der Waals surface area contributed by atoms with E-state index in [0.717, 1.165) is 24.2 Å². The minimum absolute atomic E-state index is 0.123. The molecule has 1 amide bonds. The van der Waals surface area contributed by atoms with Gasteiger partial charge in [-0.3, -0.25) is 9.48 Å².